The Balaban J connectivity index is 1.60. The van der Waals surface area contributed by atoms with Gasteiger partial charge in [-0.1, -0.05) is 29.8 Å². The van der Waals surface area contributed by atoms with E-state index in [1.807, 2.05) is 44.2 Å². The molecule has 0 unspecified atom stereocenters. The maximum absolute atomic E-state index is 13.1. The maximum Gasteiger partial charge on any atom is 0.363 e. The average Bonchev–Trinajstić information content (AvgIpc) is 3.15. The molecule has 7 heteroatoms. The van der Waals surface area contributed by atoms with Crippen molar-refractivity contribution in [3.63, 3.8) is 0 Å². The SMILES string of the molecule is CCOc1cc(/C=C2\N=C(c3ccc(C)cc3)OC2=O)cc(I)c1OCc1ccc(F)cc1. The van der Waals surface area contributed by atoms with E-state index in [1.165, 1.54) is 12.1 Å². The molecule has 0 aromatic heterocycles. The standard InChI is InChI=1S/C26H21FINO4/c1-3-31-23-14-18(12-21(28)24(23)32-15-17-6-10-20(27)11-7-17)13-22-26(30)33-25(29-22)19-8-4-16(2)5-9-19/h4-14H,3,15H2,1-2H3/b22-13-. The van der Waals surface area contributed by atoms with Gasteiger partial charge in [0.05, 0.1) is 10.2 Å². The molecule has 0 atom stereocenters. The fourth-order valence-corrected chi connectivity index (χ4v) is 3.98. The lowest BCUT2D eigenvalue weighted by molar-refractivity contribution is -0.129. The first-order valence-electron chi connectivity index (χ1n) is 10.4. The smallest absolute Gasteiger partial charge is 0.363 e. The van der Waals surface area contributed by atoms with E-state index in [-0.39, 0.29) is 24.0 Å². The highest BCUT2D eigenvalue weighted by atomic mass is 127. The largest absolute Gasteiger partial charge is 0.490 e. The number of hydrogen-bond donors (Lipinski definition) is 0. The summed E-state index contributed by atoms with van der Waals surface area (Å²) in [7, 11) is 0. The van der Waals surface area contributed by atoms with Gasteiger partial charge in [-0.15, -0.1) is 0 Å². The molecule has 4 rings (SSSR count). The van der Waals surface area contributed by atoms with Crippen molar-refractivity contribution in [3.8, 4) is 11.5 Å². The third-order valence-corrected chi connectivity index (χ3v) is 5.65. The van der Waals surface area contributed by atoms with E-state index in [0.717, 1.165) is 25.8 Å². The number of aryl methyl sites for hydroxylation is 1. The minimum Gasteiger partial charge on any atom is -0.490 e. The zero-order valence-electron chi connectivity index (χ0n) is 18.1. The molecule has 0 fully saturated rings. The van der Waals surface area contributed by atoms with Crippen LogP contribution in [0.4, 0.5) is 4.39 Å². The zero-order chi connectivity index (χ0) is 23.4. The average molecular weight is 557 g/mol. The molecule has 0 N–H and O–H groups in total. The fraction of sp³-hybridized carbons (Fsp3) is 0.154. The number of ether oxygens (including phenoxy) is 3. The van der Waals surface area contributed by atoms with Gasteiger partial charge in [0.25, 0.3) is 0 Å². The first-order valence-corrected chi connectivity index (χ1v) is 11.4. The molecule has 0 saturated heterocycles. The molecule has 0 bridgehead atoms. The predicted molar refractivity (Wildman–Crippen MR) is 133 cm³/mol. The van der Waals surface area contributed by atoms with Crippen LogP contribution in [-0.4, -0.2) is 18.5 Å². The number of benzene rings is 3. The Labute approximate surface area is 205 Å². The lowest BCUT2D eigenvalue weighted by Crippen LogP contribution is -2.05. The van der Waals surface area contributed by atoms with Crippen LogP contribution in [0.5, 0.6) is 11.5 Å². The minimum absolute atomic E-state index is 0.212. The number of aliphatic imine (C=N–C) groups is 1. The summed E-state index contributed by atoms with van der Waals surface area (Å²) in [5.74, 6) is 0.619. The number of esters is 1. The second-order valence-electron chi connectivity index (χ2n) is 7.38. The van der Waals surface area contributed by atoms with Gasteiger partial charge in [-0.25, -0.2) is 14.2 Å². The Morgan fingerprint density at radius 2 is 1.79 bits per heavy atom. The molecule has 3 aromatic rings. The van der Waals surface area contributed by atoms with Crippen molar-refractivity contribution in [1.82, 2.24) is 0 Å². The summed E-state index contributed by atoms with van der Waals surface area (Å²) in [6.07, 6.45) is 1.66. The van der Waals surface area contributed by atoms with Crippen LogP contribution in [-0.2, 0) is 16.1 Å². The van der Waals surface area contributed by atoms with Crippen molar-refractivity contribution < 1.29 is 23.4 Å². The van der Waals surface area contributed by atoms with Gasteiger partial charge in [-0.05, 0) is 90.0 Å². The molecule has 1 aliphatic rings. The molecule has 3 aromatic carbocycles. The van der Waals surface area contributed by atoms with E-state index < -0.39 is 5.97 Å². The fourth-order valence-electron chi connectivity index (χ4n) is 3.20. The number of cyclic esters (lactones) is 1. The zero-order valence-corrected chi connectivity index (χ0v) is 20.3. The predicted octanol–water partition coefficient (Wildman–Crippen LogP) is 6.06. The highest BCUT2D eigenvalue weighted by Gasteiger charge is 2.24. The third kappa shape index (κ3) is 5.60. The van der Waals surface area contributed by atoms with E-state index in [0.29, 0.717) is 18.1 Å². The number of hydrogen-bond acceptors (Lipinski definition) is 5. The molecule has 1 aliphatic heterocycles. The Morgan fingerprint density at radius 1 is 1.06 bits per heavy atom. The minimum atomic E-state index is -0.504. The Bertz CT molecular complexity index is 1230. The molecule has 0 amide bonds. The highest BCUT2D eigenvalue weighted by molar-refractivity contribution is 14.1. The van der Waals surface area contributed by atoms with Gasteiger partial charge in [0.2, 0.25) is 5.90 Å². The van der Waals surface area contributed by atoms with Gasteiger partial charge in [-0.3, -0.25) is 0 Å². The van der Waals surface area contributed by atoms with Crippen LogP contribution in [0.2, 0.25) is 0 Å². The summed E-state index contributed by atoms with van der Waals surface area (Å²) in [5.41, 5.74) is 3.64. The number of nitrogens with zero attached hydrogens (tertiary/aromatic N) is 1. The van der Waals surface area contributed by atoms with Crippen molar-refractivity contribution in [1.29, 1.82) is 0 Å². The maximum atomic E-state index is 13.1. The number of carbonyl (C=O) groups excluding carboxylic acids is 1. The van der Waals surface area contributed by atoms with Crippen molar-refractivity contribution in [2.45, 2.75) is 20.5 Å². The molecular weight excluding hydrogens is 536 g/mol. The second kappa shape index (κ2) is 10.2. The summed E-state index contributed by atoms with van der Waals surface area (Å²) in [5, 5.41) is 0. The van der Waals surface area contributed by atoms with Crippen LogP contribution in [0.1, 0.15) is 29.2 Å². The number of carbonyl (C=O) groups is 1. The van der Waals surface area contributed by atoms with Gasteiger partial charge in [0.15, 0.2) is 17.2 Å². The van der Waals surface area contributed by atoms with Crippen LogP contribution in [0, 0.1) is 16.3 Å². The van der Waals surface area contributed by atoms with Crippen LogP contribution in [0.25, 0.3) is 6.08 Å². The van der Waals surface area contributed by atoms with Crippen LogP contribution < -0.4 is 9.47 Å². The van der Waals surface area contributed by atoms with Crippen LogP contribution in [0.3, 0.4) is 0 Å². The van der Waals surface area contributed by atoms with E-state index in [1.54, 1.807) is 24.3 Å². The van der Waals surface area contributed by atoms with E-state index in [9.17, 15) is 9.18 Å². The molecule has 0 radical (unpaired) electrons. The van der Waals surface area contributed by atoms with Crippen LogP contribution in [0.15, 0.2) is 71.4 Å². The molecule has 0 aliphatic carbocycles. The van der Waals surface area contributed by atoms with Crippen molar-refractivity contribution in [2.75, 3.05) is 6.61 Å². The topological polar surface area (TPSA) is 57.1 Å². The first kappa shape index (κ1) is 23.0. The first-order chi connectivity index (χ1) is 15.9. The quantitative estimate of drug-likeness (QED) is 0.201. The van der Waals surface area contributed by atoms with Gasteiger partial charge < -0.3 is 14.2 Å². The van der Waals surface area contributed by atoms with Gasteiger partial charge in [0.1, 0.15) is 12.4 Å². The van der Waals surface area contributed by atoms with Gasteiger partial charge in [-0.2, -0.15) is 0 Å². The van der Waals surface area contributed by atoms with E-state index in [4.69, 9.17) is 14.2 Å². The van der Waals surface area contributed by atoms with Crippen molar-refractivity contribution >= 4 is 40.5 Å². The number of halogens is 2. The molecule has 0 spiro atoms. The van der Waals surface area contributed by atoms with Crippen molar-refractivity contribution in [2.24, 2.45) is 4.99 Å². The second-order valence-corrected chi connectivity index (χ2v) is 8.54. The molecule has 5 nitrogen and oxygen atoms in total. The molecule has 0 saturated carbocycles. The molecule has 33 heavy (non-hydrogen) atoms. The van der Waals surface area contributed by atoms with Crippen molar-refractivity contribution in [3.05, 3.63) is 98.0 Å². The Hall–Kier alpha value is -3.20. The summed E-state index contributed by atoms with van der Waals surface area (Å²) in [6, 6.07) is 17.4. The van der Waals surface area contributed by atoms with E-state index in [2.05, 4.69) is 27.6 Å². The van der Waals surface area contributed by atoms with Gasteiger partial charge >= 0.3 is 5.97 Å². The van der Waals surface area contributed by atoms with Crippen LogP contribution >= 0.6 is 22.6 Å². The van der Waals surface area contributed by atoms with Gasteiger partial charge in [0, 0.05) is 5.56 Å². The molecule has 168 valence electrons. The lowest BCUT2D eigenvalue weighted by atomic mass is 10.1. The Morgan fingerprint density at radius 3 is 2.48 bits per heavy atom. The number of rotatable bonds is 7. The Kier molecular flexibility index (Phi) is 7.08. The summed E-state index contributed by atoms with van der Waals surface area (Å²) in [4.78, 5) is 16.8. The normalized spacial score (nSPS) is 14.2. The third-order valence-electron chi connectivity index (χ3n) is 4.85. The summed E-state index contributed by atoms with van der Waals surface area (Å²) >= 11 is 2.16. The monoisotopic (exact) mass is 557 g/mol. The summed E-state index contributed by atoms with van der Waals surface area (Å²) in [6.45, 7) is 4.59. The summed E-state index contributed by atoms with van der Waals surface area (Å²) < 4.78 is 31.1. The molecular formula is C26H21FINO4. The van der Waals surface area contributed by atoms with E-state index >= 15 is 0 Å². The highest BCUT2D eigenvalue weighted by Crippen LogP contribution is 2.36. The lowest BCUT2D eigenvalue weighted by Gasteiger charge is -2.15. The molecule has 1 heterocycles.